The molecule has 0 atom stereocenters. The van der Waals surface area contributed by atoms with E-state index in [1.165, 1.54) is 31.4 Å². The maximum absolute atomic E-state index is 13.0. The minimum atomic E-state index is -3.99. The van der Waals surface area contributed by atoms with Crippen molar-refractivity contribution < 1.29 is 23.1 Å². The highest BCUT2D eigenvalue weighted by atomic mass is 32.2. The molecule has 0 spiro atoms. The van der Waals surface area contributed by atoms with Crippen LogP contribution in [0.25, 0.3) is 0 Å². The second kappa shape index (κ2) is 8.19. The molecule has 1 aromatic carbocycles. The van der Waals surface area contributed by atoms with Crippen LogP contribution in [0, 0.1) is 17.8 Å². The van der Waals surface area contributed by atoms with Gasteiger partial charge in [0.2, 0.25) is 0 Å². The van der Waals surface area contributed by atoms with Gasteiger partial charge >= 0.3 is 12.0 Å². The molecule has 2 amide bonds. The summed E-state index contributed by atoms with van der Waals surface area (Å²) in [5.74, 6) is 0.939. The number of aliphatic carboxylic acids is 1. The van der Waals surface area contributed by atoms with Crippen LogP contribution in [0.1, 0.15) is 51.4 Å². The largest absolute Gasteiger partial charge is 0.481 e. The Hall–Kier alpha value is -2.13. The van der Waals surface area contributed by atoms with E-state index in [4.69, 9.17) is 5.11 Å². The molecular weight excluding hydrogens is 406 g/mol. The lowest BCUT2D eigenvalue weighted by molar-refractivity contribution is -0.137. The molecule has 9 heteroatoms. The standard InChI is InChI=1S/C21H29N3O5S/c25-19(26)7-4-8-24(30(28,29)18-5-2-1-3-6-18)23-20(27)22-21-12-15-9-16(13-21)11-17(10-15)14-21/h1-3,5-6,15-17H,4,7-14H2,(H,25,26)(H2,22,23,27). The fourth-order valence-corrected chi connectivity index (χ4v) is 7.30. The van der Waals surface area contributed by atoms with Crippen molar-refractivity contribution in [2.45, 2.75) is 61.8 Å². The third kappa shape index (κ3) is 4.46. The van der Waals surface area contributed by atoms with Crippen molar-refractivity contribution in [3.63, 3.8) is 0 Å². The first-order valence-corrected chi connectivity index (χ1v) is 12.1. The molecule has 0 heterocycles. The third-order valence-corrected chi connectivity index (χ3v) is 8.45. The molecule has 4 aliphatic carbocycles. The Balaban J connectivity index is 1.47. The number of hydrogen-bond acceptors (Lipinski definition) is 4. The quantitative estimate of drug-likeness (QED) is 0.543. The van der Waals surface area contributed by atoms with Gasteiger partial charge in [-0.2, -0.15) is 0 Å². The highest BCUT2D eigenvalue weighted by Gasteiger charge is 2.51. The average Bonchev–Trinajstić information content (AvgIpc) is 2.66. The Kier molecular flexibility index (Phi) is 5.76. The maximum atomic E-state index is 13.0. The van der Waals surface area contributed by atoms with Crippen molar-refractivity contribution in [3.8, 4) is 0 Å². The number of carbonyl (C=O) groups is 2. The molecule has 0 aromatic heterocycles. The zero-order chi connectivity index (χ0) is 21.4. The van der Waals surface area contributed by atoms with Gasteiger partial charge in [-0.1, -0.05) is 18.2 Å². The molecule has 4 saturated carbocycles. The molecule has 8 nitrogen and oxygen atoms in total. The van der Waals surface area contributed by atoms with E-state index in [0.29, 0.717) is 17.8 Å². The van der Waals surface area contributed by atoms with Gasteiger partial charge in [0, 0.05) is 18.5 Å². The second-order valence-corrected chi connectivity index (χ2v) is 11.0. The van der Waals surface area contributed by atoms with E-state index < -0.39 is 22.0 Å². The highest BCUT2D eigenvalue weighted by Crippen LogP contribution is 2.55. The fourth-order valence-electron chi connectivity index (χ4n) is 5.98. The van der Waals surface area contributed by atoms with Crippen LogP contribution in [0.2, 0.25) is 0 Å². The zero-order valence-electron chi connectivity index (χ0n) is 16.9. The monoisotopic (exact) mass is 435 g/mol. The summed E-state index contributed by atoms with van der Waals surface area (Å²) in [5.41, 5.74) is 2.26. The van der Waals surface area contributed by atoms with Gasteiger partial charge in [-0.3, -0.25) is 10.2 Å². The summed E-state index contributed by atoms with van der Waals surface area (Å²) >= 11 is 0. The minimum Gasteiger partial charge on any atom is -0.481 e. The van der Waals surface area contributed by atoms with E-state index in [-0.39, 0.29) is 29.8 Å². The number of carboxylic acid groups (broad SMARTS) is 1. The van der Waals surface area contributed by atoms with Crippen LogP contribution in [0.3, 0.4) is 0 Å². The Morgan fingerprint density at radius 2 is 1.60 bits per heavy atom. The Bertz CT molecular complexity index is 867. The summed E-state index contributed by atoms with van der Waals surface area (Å²) in [6, 6.07) is 7.30. The summed E-state index contributed by atoms with van der Waals surface area (Å²) in [5, 5.41) is 12.0. The summed E-state index contributed by atoms with van der Waals surface area (Å²) in [6.45, 7) is -0.113. The van der Waals surface area contributed by atoms with E-state index in [2.05, 4.69) is 10.7 Å². The van der Waals surface area contributed by atoms with Crippen molar-refractivity contribution in [1.29, 1.82) is 0 Å². The molecule has 5 rings (SSSR count). The van der Waals surface area contributed by atoms with Crippen LogP contribution in [-0.4, -0.2) is 42.0 Å². The van der Waals surface area contributed by atoms with E-state index >= 15 is 0 Å². The van der Waals surface area contributed by atoms with Crippen molar-refractivity contribution in [3.05, 3.63) is 30.3 Å². The first-order chi connectivity index (χ1) is 14.3. The van der Waals surface area contributed by atoms with Crippen LogP contribution >= 0.6 is 0 Å². The van der Waals surface area contributed by atoms with E-state index in [0.717, 1.165) is 23.7 Å². The first kappa shape index (κ1) is 21.1. The second-order valence-electron chi connectivity index (χ2n) is 9.15. The third-order valence-electron chi connectivity index (χ3n) is 6.73. The van der Waals surface area contributed by atoms with Crippen LogP contribution in [0.15, 0.2) is 35.2 Å². The molecule has 0 radical (unpaired) electrons. The first-order valence-electron chi connectivity index (χ1n) is 10.6. The average molecular weight is 436 g/mol. The van der Waals surface area contributed by atoms with Gasteiger partial charge in [0.15, 0.2) is 0 Å². The molecule has 1 aromatic rings. The topological polar surface area (TPSA) is 116 Å². The maximum Gasteiger partial charge on any atom is 0.330 e. The SMILES string of the molecule is O=C(O)CCCN(NC(=O)NC12CC3CC(CC(C3)C1)C2)S(=O)(=O)c1ccccc1. The van der Waals surface area contributed by atoms with Gasteiger partial charge in [0.05, 0.1) is 4.90 Å². The number of hydrazine groups is 1. The van der Waals surface area contributed by atoms with Gasteiger partial charge in [0.25, 0.3) is 10.0 Å². The molecule has 30 heavy (non-hydrogen) atoms. The lowest BCUT2D eigenvalue weighted by Crippen LogP contribution is -2.63. The predicted molar refractivity (Wildman–Crippen MR) is 110 cm³/mol. The molecule has 4 fully saturated rings. The Morgan fingerprint density at radius 1 is 1.03 bits per heavy atom. The molecule has 0 saturated heterocycles. The van der Waals surface area contributed by atoms with Gasteiger partial charge in [-0.15, -0.1) is 4.41 Å². The highest BCUT2D eigenvalue weighted by molar-refractivity contribution is 7.89. The number of nitrogens with one attached hydrogen (secondary N) is 2. The van der Waals surface area contributed by atoms with Gasteiger partial charge in [-0.05, 0) is 74.8 Å². The van der Waals surface area contributed by atoms with Crippen LogP contribution in [0.4, 0.5) is 4.79 Å². The lowest BCUT2D eigenvalue weighted by Gasteiger charge is -2.56. The lowest BCUT2D eigenvalue weighted by atomic mass is 9.53. The number of hydrogen-bond donors (Lipinski definition) is 3. The van der Waals surface area contributed by atoms with Gasteiger partial charge < -0.3 is 10.4 Å². The van der Waals surface area contributed by atoms with E-state index in [1.54, 1.807) is 18.2 Å². The number of carboxylic acids is 1. The minimum absolute atomic E-state index is 0.0513. The smallest absolute Gasteiger partial charge is 0.330 e. The fraction of sp³-hybridized carbons (Fsp3) is 0.619. The number of sulfonamides is 1. The molecule has 0 aliphatic heterocycles. The van der Waals surface area contributed by atoms with Crippen LogP contribution in [-0.2, 0) is 14.8 Å². The Labute approximate surface area is 177 Å². The van der Waals surface area contributed by atoms with Crippen molar-refractivity contribution in [2.24, 2.45) is 17.8 Å². The molecule has 3 N–H and O–H groups in total. The van der Waals surface area contributed by atoms with Gasteiger partial charge in [-0.25, -0.2) is 13.2 Å². The van der Waals surface area contributed by atoms with E-state index in [1.807, 2.05) is 0 Å². The normalized spacial score (nSPS) is 29.7. The predicted octanol–water partition coefficient (Wildman–Crippen LogP) is 2.73. The van der Waals surface area contributed by atoms with Crippen LogP contribution < -0.4 is 10.7 Å². The zero-order valence-corrected chi connectivity index (χ0v) is 17.7. The molecule has 164 valence electrons. The van der Waals surface area contributed by atoms with Crippen molar-refractivity contribution >= 4 is 22.0 Å². The van der Waals surface area contributed by atoms with Crippen molar-refractivity contribution in [2.75, 3.05) is 6.54 Å². The number of rotatable bonds is 8. The number of nitrogens with zero attached hydrogens (tertiary/aromatic N) is 1. The number of carbonyl (C=O) groups excluding carboxylic acids is 1. The summed E-state index contributed by atoms with van der Waals surface area (Å²) in [7, 11) is -3.99. The number of urea groups is 1. The van der Waals surface area contributed by atoms with Crippen molar-refractivity contribution in [1.82, 2.24) is 15.2 Å². The van der Waals surface area contributed by atoms with Gasteiger partial charge in [0.1, 0.15) is 0 Å². The molecular formula is C21H29N3O5S. The number of benzene rings is 1. The molecule has 0 unspecified atom stereocenters. The van der Waals surface area contributed by atoms with E-state index in [9.17, 15) is 18.0 Å². The summed E-state index contributed by atoms with van der Waals surface area (Å²) in [6.07, 6.45) is 6.51. The molecule has 4 aliphatic rings. The summed E-state index contributed by atoms with van der Waals surface area (Å²) < 4.78 is 27.0. The summed E-state index contributed by atoms with van der Waals surface area (Å²) in [4.78, 5) is 23.8. The molecule has 4 bridgehead atoms. The number of amides is 2. The van der Waals surface area contributed by atoms with Crippen LogP contribution in [0.5, 0.6) is 0 Å². The Morgan fingerprint density at radius 3 is 2.13 bits per heavy atom.